The quantitative estimate of drug-likeness (QED) is 0.513. The van der Waals surface area contributed by atoms with Gasteiger partial charge in [0.15, 0.2) is 0 Å². The maximum atomic E-state index is 11.9. The Labute approximate surface area is 115 Å². The van der Waals surface area contributed by atoms with Gasteiger partial charge in [-0.15, -0.1) is 0 Å². The molecular weight excluding hydrogens is 264 g/mol. The molecule has 0 aliphatic rings. The van der Waals surface area contributed by atoms with Crippen molar-refractivity contribution >= 4 is 23.5 Å². The van der Waals surface area contributed by atoms with Crippen molar-refractivity contribution in [3.8, 4) is 0 Å². The van der Waals surface area contributed by atoms with Gasteiger partial charge in [0.1, 0.15) is 6.04 Å². The van der Waals surface area contributed by atoms with Crippen LogP contribution in [-0.2, 0) is 14.3 Å². The second-order valence-electron chi connectivity index (χ2n) is 4.07. The number of amides is 1. The lowest BCUT2D eigenvalue weighted by Crippen LogP contribution is -2.41. The first-order valence-electron chi connectivity index (χ1n) is 5.90. The Morgan fingerprint density at radius 1 is 1.35 bits per heavy atom. The minimum absolute atomic E-state index is 0.0551. The zero-order valence-electron chi connectivity index (χ0n) is 11.0. The van der Waals surface area contributed by atoms with Crippen LogP contribution in [0.5, 0.6) is 0 Å². The Bertz CT molecular complexity index is 515. The van der Waals surface area contributed by atoms with Gasteiger partial charge in [-0.25, -0.2) is 4.79 Å². The predicted molar refractivity (Wildman–Crippen MR) is 71.0 cm³/mol. The van der Waals surface area contributed by atoms with Gasteiger partial charge < -0.3 is 20.9 Å². The lowest BCUT2D eigenvalue weighted by Gasteiger charge is -2.14. The third-order valence-corrected chi connectivity index (χ3v) is 2.67. The van der Waals surface area contributed by atoms with Crippen molar-refractivity contribution in [3.05, 3.63) is 29.8 Å². The van der Waals surface area contributed by atoms with E-state index in [4.69, 9.17) is 10.8 Å². The summed E-state index contributed by atoms with van der Waals surface area (Å²) in [4.78, 5) is 34.0. The normalized spacial score (nSPS) is 11.4. The molecule has 1 aromatic carbocycles. The molecule has 0 radical (unpaired) electrons. The molecule has 1 rings (SSSR count). The maximum Gasteiger partial charge on any atom is 0.326 e. The van der Waals surface area contributed by atoms with Crippen molar-refractivity contribution in [1.82, 2.24) is 5.32 Å². The molecule has 0 heterocycles. The fraction of sp³-hybridized carbons (Fsp3) is 0.308. The third kappa shape index (κ3) is 4.27. The minimum atomic E-state index is -1.23. The smallest absolute Gasteiger partial charge is 0.326 e. The zero-order valence-corrected chi connectivity index (χ0v) is 11.0. The highest BCUT2D eigenvalue weighted by Crippen LogP contribution is 2.11. The van der Waals surface area contributed by atoms with Gasteiger partial charge in [-0.05, 0) is 18.6 Å². The molecule has 4 N–H and O–H groups in total. The fourth-order valence-electron chi connectivity index (χ4n) is 1.56. The summed E-state index contributed by atoms with van der Waals surface area (Å²) in [7, 11) is 1.21. The van der Waals surface area contributed by atoms with Crippen molar-refractivity contribution < 1.29 is 24.2 Å². The van der Waals surface area contributed by atoms with Crippen LogP contribution in [0.1, 0.15) is 23.2 Å². The van der Waals surface area contributed by atoms with Gasteiger partial charge >= 0.3 is 11.9 Å². The Balaban J connectivity index is 2.71. The van der Waals surface area contributed by atoms with Crippen LogP contribution in [0.25, 0.3) is 0 Å². The van der Waals surface area contributed by atoms with E-state index < -0.39 is 23.9 Å². The molecule has 7 nitrogen and oxygen atoms in total. The van der Waals surface area contributed by atoms with E-state index in [9.17, 15) is 14.4 Å². The summed E-state index contributed by atoms with van der Waals surface area (Å²) in [5, 5.41) is 11.4. The Morgan fingerprint density at radius 3 is 2.55 bits per heavy atom. The van der Waals surface area contributed by atoms with Gasteiger partial charge in [-0.1, -0.05) is 12.1 Å². The number of carboxylic acid groups (broad SMARTS) is 1. The van der Waals surface area contributed by atoms with Gasteiger partial charge in [-0.2, -0.15) is 0 Å². The number of benzene rings is 1. The standard InChI is InChI=1S/C13H16N2O5/c1-20-11(16)7-6-10(13(18)19)15-12(17)8-4-2-3-5-9(8)14/h2-5,10H,6-7,14H2,1H3,(H,15,17)(H,18,19)/t10-/m1/s1. The number of para-hydroxylation sites is 1. The molecule has 0 fully saturated rings. The van der Waals surface area contributed by atoms with Gasteiger partial charge in [0.25, 0.3) is 5.91 Å². The van der Waals surface area contributed by atoms with Crippen LogP contribution >= 0.6 is 0 Å². The summed E-state index contributed by atoms with van der Waals surface area (Å²) in [5.41, 5.74) is 6.08. The van der Waals surface area contributed by atoms with Crippen LogP contribution in [0.3, 0.4) is 0 Å². The molecule has 0 saturated heterocycles. The van der Waals surface area contributed by atoms with Crippen LogP contribution in [0, 0.1) is 0 Å². The van der Waals surface area contributed by atoms with Crippen LogP contribution < -0.4 is 11.1 Å². The summed E-state index contributed by atoms with van der Waals surface area (Å²) in [6, 6.07) is 5.14. The zero-order chi connectivity index (χ0) is 15.1. The van der Waals surface area contributed by atoms with Crippen LogP contribution in [0.2, 0.25) is 0 Å². The summed E-state index contributed by atoms with van der Waals surface area (Å²) < 4.78 is 4.42. The number of nitrogens with two attached hydrogens (primary N) is 1. The van der Waals surface area contributed by atoms with Crippen molar-refractivity contribution in [2.45, 2.75) is 18.9 Å². The van der Waals surface area contributed by atoms with E-state index in [-0.39, 0.29) is 24.1 Å². The van der Waals surface area contributed by atoms with E-state index in [2.05, 4.69) is 10.1 Å². The Kier molecular flexibility index (Phi) is 5.52. The van der Waals surface area contributed by atoms with Gasteiger partial charge in [0.2, 0.25) is 0 Å². The second kappa shape index (κ2) is 7.13. The summed E-state index contributed by atoms with van der Waals surface area (Å²) >= 11 is 0. The number of nitrogen functional groups attached to an aromatic ring is 1. The number of esters is 1. The van der Waals surface area contributed by atoms with Crippen molar-refractivity contribution in [3.63, 3.8) is 0 Å². The third-order valence-electron chi connectivity index (χ3n) is 2.67. The molecule has 0 aliphatic carbocycles. The first-order valence-corrected chi connectivity index (χ1v) is 5.90. The summed E-state index contributed by atoms with van der Waals surface area (Å²) in [6.45, 7) is 0. The highest BCUT2D eigenvalue weighted by molar-refractivity contribution is 6.00. The number of ether oxygens (including phenoxy) is 1. The van der Waals surface area contributed by atoms with Gasteiger partial charge in [0, 0.05) is 12.1 Å². The number of nitrogens with one attached hydrogen (secondary N) is 1. The van der Waals surface area contributed by atoms with Crippen molar-refractivity contribution in [1.29, 1.82) is 0 Å². The molecule has 1 aromatic rings. The number of carboxylic acids is 1. The van der Waals surface area contributed by atoms with E-state index in [0.717, 1.165) is 0 Å². The number of carbonyl (C=O) groups is 3. The minimum Gasteiger partial charge on any atom is -0.480 e. The molecule has 0 spiro atoms. The molecule has 0 aromatic heterocycles. The van der Waals surface area contributed by atoms with E-state index in [0.29, 0.717) is 0 Å². The summed E-state index contributed by atoms with van der Waals surface area (Å²) in [6.07, 6.45) is -0.154. The monoisotopic (exact) mass is 280 g/mol. The molecule has 7 heteroatoms. The highest BCUT2D eigenvalue weighted by Gasteiger charge is 2.22. The number of rotatable bonds is 6. The Hall–Kier alpha value is -2.57. The molecule has 0 saturated carbocycles. The molecule has 1 amide bonds. The van der Waals surface area contributed by atoms with Crippen LogP contribution in [-0.4, -0.2) is 36.1 Å². The number of methoxy groups -OCH3 is 1. The largest absolute Gasteiger partial charge is 0.480 e. The second-order valence-corrected chi connectivity index (χ2v) is 4.07. The van der Waals surface area contributed by atoms with E-state index in [1.54, 1.807) is 18.2 Å². The SMILES string of the molecule is COC(=O)CC[C@@H](NC(=O)c1ccccc1N)C(=O)O. The lowest BCUT2D eigenvalue weighted by atomic mass is 10.1. The van der Waals surface area contributed by atoms with Crippen molar-refractivity contribution in [2.75, 3.05) is 12.8 Å². The highest BCUT2D eigenvalue weighted by atomic mass is 16.5. The van der Waals surface area contributed by atoms with E-state index in [1.165, 1.54) is 13.2 Å². The van der Waals surface area contributed by atoms with Crippen LogP contribution in [0.15, 0.2) is 24.3 Å². The number of hydrogen-bond acceptors (Lipinski definition) is 5. The van der Waals surface area contributed by atoms with Crippen LogP contribution in [0.4, 0.5) is 5.69 Å². The van der Waals surface area contributed by atoms with E-state index >= 15 is 0 Å². The molecular formula is C13H16N2O5. The van der Waals surface area contributed by atoms with E-state index in [1.807, 2.05) is 0 Å². The first-order chi connectivity index (χ1) is 9.45. The fourth-order valence-corrected chi connectivity index (χ4v) is 1.56. The van der Waals surface area contributed by atoms with Crippen molar-refractivity contribution in [2.24, 2.45) is 0 Å². The predicted octanol–water partition coefficient (Wildman–Crippen LogP) is 0.405. The topological polar surface area (TPSA) is 119 Å². The number of hydrogen-bond donors (Lipinski definition) is 3. The molecule has 1 atom stereocenters. The molecule has 108 valence electrons. The molecule has 0 unspecified atom stereocenters. The number of carbonyl (C=O) groups excluding carboxylic acids is 2. The molecule has 0 aliphatic heterocycles. The first kappa shape index (κ1) is 15.5. The average Bonchev–Trinajstić information content (AvgIpc) is 2.42. The van der Waals surface area contributed by atoms with Gasteiger partial charge in [0.05, 0.1) is 12.7 Å². The maximum absolute atomic E-state index is 11.9. The number of aliphatic carboxylic acids is 1. The lowest BCUT2D eigenvalue weighted by molar-refractivity contribution is -0.142. The number of anilines is 1. The summed E-state index contributed by atoms with van der Waals surface area (Å²) in [5.74, 6) is -2.36. The average molecular weight is 280 g/mol. The molecule has 20 heavy (non-hydrogen) atoms. The molecule has 0 bridgehead atoms. The Morgan fingerprint density at radius 2 is 2.00 bits per heavy atom. The van der Waals surface area contributed by atoms with Gasteiger partial charge in [-0.3, -0.25) is 9.59 Å².